The summed E-state index contributed by atoms with van der Waals surface area (Å²) in [5.41, 5.74) is 11.8. The third kappa shape index (κ3) is 9.47. The standard InChI is InChI=1S/C20H29N5O7S/c1-10(26)16(19(30)24-14(9-33)20(31)32)25-18(29)13(8-15(22)27)23-17(28)12(21)7-11-5-3-2-4-6-11/h2-6,10,12-14,16,26,33H,7-9,21H2,1H3,(H2,22,27)(H,23,28)(H,24,30)(H,25,29)(H,31,32). The van der Waals surface area contributed by atoms with Crippen molar-refractivity contribution >= 4 is 42.2 Å². The van der Waals surface area contributed by atoms with E-state index >= 15 is 0 Å². The molecule has 0 saturated carbocycles. The van der Waals surface area contributed by atoms with Crippen LogP contribution in [0.2, 0.25) is 0 Å². The highest BCUT2D eigenvalue weighted by Crippen LogP contribution is 2.04. The molecule has 1 aromatic rings. The second-order valence-corrected chi connectivity index (χ2v) is 7.70. The Morgan fingerprint density at radius 2 is 1.55 bits per heavy atom. The number of thiol groups is 1. The van der Waals surface area contributed by atoms with Crippen molar-refractivity contribution in [1.29, 1.82) is 0 Å². The van der Waals surface area contributed by atoms with Crippen molar-refractivity contribution in [2.24, 2.45) is 11.5 Å². The van der Waals surface area contributed by atoms with Gasteiger partial charge in [-0.05, 0) is 18.9 Å². The number of aliphatic hydroxyl groups excluding tert-OH is 1. The Labute approximate surface area is 195 Å². The fraction of sp³-hybridized carbons (Fsp3) is 0.450. The first-order valence-electron chi connectivity index (χ1n) is 9.96. The number of primary amides is 1. The third-order valence-corrected chi connectivity index (χ3v) is 4.90. The van der Waals surface area contributed by atoms with Gasteiger partial charge >= 0.3 is 5.97 Å². The zero-order valence-corrected chi connectivity index (χ0v) is 18.8. The lowest BCUT2D eigenvalue weighted by Crippen LogP contribution is -2.60. The van der Waals surface area contributed by atoms with E-state index in [-0.39, 0.29) is 12.2 Å². The summed E-state index contributed by atoms with van der Waals surface area (Å²) in [6.45, 7) is 1.19. The lowest BCUT2D eigenvalue weighted by molar-refractivity contribution is -0.142. The van der Waals surface area contributed by atoms with E-state index in [0.717, 1.165) is 5.56 Å². The number of aliphatic hydroxyl groups is 1. The van der Waals surface area contributed by atoms with E-state index in [2.05, 4.69) is 28.6 Å². The summed E-state index contributed by atoms with van der Waals surface area (Å²) in [5, 5.41) is 25.6. The molecule has 0 saturated heterocycles. The summed E-state index contributed by atoms with van der Waals surface area (Å²) in [6.07, 6.45) is -1.87. The highest BCUT2D eigenvalue weighted by molar-refractivity contribution is 7.80. The highest BCUT2D eigenvalue weighted by atomic mass is 32.1. The van der Waals surface area contributed by atoms with E-state index in [1.165, 1.54) is 6.92 Å². The number of amides is 4. The summed E-state index contributed by atoms with van der Waals surface area (Å²) in [7, 11) is 0. The molecule has 1 aromatic carbocycles. The number of rotatable bonds is 13. The summed E-state index contributed by atoms with van der Waals surface area (Å²) >= 11 is 3.83. The van der Waals surface area contributed by atoms with Crippen LogP contribution >= 0.6 is 12.6 Å². The van der Waals surface area contributed by atoms with Crippen LogP contribution in [-0.2, 0) is 30.4 Å². The quantitative estimate of drug-likeness (QED) is 0.138. The van der Waals surface area contributed by atoms with Gasteiger partial charge in [-0.2, -0.15) is 12.6 Å². The SMILES string of the molecule is CC(O)C(NC(=O)C(CC(N)=O)NC(=O)C(N)Cc1ccccc1)C(=O)NC(CS)C(=O)O. The molecule has 0 aliphatic heterocycles. The number of benzene rings is 1. The fourth-order valence-electron chi connectivity index (χ4n) is 2.76. The Balaban J connectivity index is 2.90. The number of carbonyl (C=O) groups is 5. The second kappa shape index (κ2) is 13.4. The second-order valence-electron chi connectivity index (χ2n) is 7.34. The summed E-state index contributed by atoms with van der Waals surface area (Å²) < 4.78 is 0. The number of nitrogens with two attached hydrogens (primary N) is 2. The minimum absolute atomic E-state index is 0.163. The van der Waals surface area contributed by atoms with Gasteiger partial charge < -0.3 is 37.6 Å². The lowest BCUT2D eigenvalue weighted by Gasteiger charge is -2.26. The first kappa shape index (κ1) is 27.9. The van der Waals surface area contributed by atoms with Gasteiger partial charge in [-0.3, -0.25) is 19.2 Å². The van der Waals surface area contributed by atoms with Crippen LogP contribution in [0, 0.1) is 0 Å². The molecule has 0 bridgehead atoms. The molecule has 0 aromatic heterocycles. The first-order valence-corrected chi connectivity index (χ1v) is 10.6. The van der Waals surface area contributed by atoms with Gasteiger partial charge in [0.15, 0.2) is 0 Å². The molecule has 1 rings (SSSR count). The van der Waals surface area contributed by atoms with Gasteiger partial charge in [0.2, 0.25) is 23.6 Å². The van der Waals surface area contributed by atoms with Gasteiger partial charge in [0, 0.05) is 5.75 Å². The zero-order valence-electron chi connectivity index (χ0n) is 17.9. The topological polar surface area (TPSA) is 214 Å². The fourth-order valence-corrected chi connectivity index (χ4v) is 3.00. The van der Waals surface area contributed by atoms with Crippen LogP contribution in [-0.4, -0.2) is 75.8 Å². The number of hydrogen-bond donors (Lipinski definition) is 8. The van der Waals surface area contributed by atoms with Gasteiger partial charge in [-0.15, -0.1) is 0 Å². The molecule has 33 heavy (non-hydrogen) atoms. The average molecular weight is 484 g/mol. The molecule has 0 radical (unpaired) electrons. The Kier molecular flexibility index (Phi) is 11.3. The number of hydrogen-bond acceptors (Lipinski definition) is 8. The molecule has 0 aliphatic rings. The number of carbonyl (C=O) groups excluding carboxylic acids is 4. The van der Waals surface area contributed by atoms with Gasteiger partial charge in [0.05, 0.1) is 18.6 Å². The maximum atomic E-state index is 12.7. The normalized spacial score (nSPS) is 15.3. The highest BCUT2D eigenvalue weighted by Gasteiger charge is 2.33. The summed E-state index contributed by atoms with van der Waals surface area (Å²) in [6, 6.07) is 3.40. The van der Waals surface area contributed by atoms with E-state index in [0.29, 0.717) is 0 Å². The van der Waals surface area contributed by atoms with Crippen LogP contribution < -0.4 is 27.4 Å². The molecule has 5 unspecified atom stereocenters. The number of carboxylic acids is 1. The molecule has 13 heteroatoms. The van der Waals surface area contributed by atoms with Crippen molar-refractivity contribution in [3.05, 3.63) is 35.9 Å². The van der Waals surface area contributed by atoms with E-state index in [4.69, 9.17) is 16.6 Å². The number of aliphatic carboxylic acids is 1. The Bertz CT molecular complexity index is 852. The molecule has 5 atom stereocenters. The molecule has 12 nitrogen and oxygen atoms in total. The molecule has 0 aliphatic carbocycles. The van der Waals surface area contributed by atoms with Crippen molar-refractivity contribution in [3.63, 3.8) is 0 Å². The van der Waals surface area contributed by atoms with Gasteiger partial charge in [-0.1, -0.05) is 30.3 Å². The van der Waals surface area contributed by atoms with Gasteiger partial charge in [0.1, 0.15) is 18.1 Å². The molecular weight excluding hydrogens is 454 g/mol. The maximum Gasteiger partial charge on any atom is 0.327 e. The third-order valence-electron chi connectivity index (χ3n) is 4.53. The van der Waals surface area contributed by atoms with E-state index in [1.54, 1.807) is 30.3 Å². The summed E-state index contributed by atoms with van der Waals surface area (Å²) in [5.74, 6) is -5.23. The van der Waals surface area contributed by atoms with Crippen molar-refractivity contribution in [2.75, 3.05) is 5.75 Å². The van der Waals surface area contributed by atoms with Crippen LogP contribution in [0.5, 0.6) is 0 Å². The first-order chi connectivity index (χ1) is 15.5. The Morgan fingerprint density at radius 1 is 0.970 bits per heavy atom. The summed E-state index contributed by atoms with van der Waals surface area (Å²) in [4.78, 5) is 60.1. The molecule has 0 spiro atoms. The van der Waals surface area contributed by atoms with Crippen LogP contribution in [0.3, 0.4) is 0 Å². The van der Waals surface area contributed by atoms with E-state index in [9.17, 15) is 29.1 Å². The monoisotopic (exact) mass is 483 g/mol. The van der Waals surface area contributed by atoms with Crippen molar-refractivity contribution in [2.45, 2.75) is 50.0 Å². The van der Waals surface area contributed by atoms with Crippen molar-refractivity contribution in [1.82, 2.24) is 16.0 Å². The lowest BCUT2D eigenvalue weighted by atomic mass is 10.0. The minimum Gasteiger partial charge on any atom is -0.480 e. The molecule has 4 amide bonds. The van der Waals surface area contributed by atoms with Crippen molar-refractivity contribution in [3.8, 4) is 0 Å². The van der Waals surface area contributed by atoms with E-state index < -0.39 is 66.3 Å². The minimum atomic E-state index is -1.58. The predicted octanol–water partition coefficient (Wildman–Crippen LogP) is -2.72. The van der Waals surface area contributed by atoms with Crippen LogP contribution in [0.4, 0.5) is 0 Å². The molecule has 9 N–H and O–H groups in total. The number of carboxylic acid groups (broad SMARTS) is 1. The molecule has 182 valence electrons. The Hall–Kier alpha value is -3.16. The van der Waals surface area contributed by atoms with Crippen LogP contribution in [0.25, 0.3) is 0 Å². The zero-order chi connectivity index (χ0) is 25.1. The van der Waals surface area contributed by atoms with E-state index in [1.807, 2.05) is 0 Å². The van der Waals surface area contributed by atoms with Crippen LogP contribution in [0.1, 0.15) is 18.9 Å². The largest absolute Gasteiger partial charge is 0.480 e. The van der Waals surface area contributed by atoms with Crippen LogP contribution in [0.15, 0.2) is 30.3 Å². The predicted molar refractivity (Wildman–Crippen MR) is 121 cm³/mol. The molecular formula is C20H29N5O7S. The van der Waals surface area contributed by atoms with Crippen molar-refractivity contribution < 1.29 is 34.2 Å². The smallest absolute Gasteiger partial charge is 0.327 e. The Morgan fingerprint density at radius 3 is 2.03 bits per heavy atom. The van der Waals surface area contributed by atoms with Gasteiger partial charge in [-0.25, -0.2) is 4.79 Å². The molecule has 0 heterocycles. The molecule has 0 fully saturated rings. The number of nitrogens with one attached hydrogen (secondary N) is 3. The maximum absolute atomic E-state index is 12.7. The van der Waals surface area contributed by atoms with Gasteiger partial charge in [0.25, 0.3) is 0 Å². The average Bonchev–Trinajstić information content (AvgIpc) is 2.74.